The van der Waals surface area contributed by atoms with E-state index in [9.17, 15) is 4.79 Å². The molecule has 9 heteroatoms. The molecule has 9 nitrogen and oxygen atoms in total. The highest BCUT2D eigenvalue weighted by atomic mass is 16.6. The number of carbonyl (C=O) groups excluding carboxylic acids is 1. The first-order valence-electron chi connectivity index (χ1n) is 7.19. The molecule has 1 fully saturated rings. The van der Waals surface area contributed by atoms with E-state index in [1.165, 1.54) is 6.33 Å². The average molecular weight is 305 g/mol. The monoisotopic (exact) mass is 305 g/mol. The zero-order valence-electron chi connectivity index (χ0n) is 12.9. The highest BCUT2D eigenvalue weighted by Gasteiger charge is 2.27. The van der Waals surface area contributed by atoms with Gasteiger partial charge in [-0.1, -0.05) is 0 Å². The lowest BCUT2D eigenvalue weighted by Crippen LogP contribution is -2.50. The van der Waals surface area contributed by atoms with Crippen molar-refractivity contribution in [2.75, 3.05) is 31.1 Å². The van der Waals surface area contributed by atoms with Gasteiger partial charge in [-0.25, -0.2) is 9.78 Å². The molecule has 3 rings (SSSR count). The first-order valence-corrected chi connectivity index (χ1v) is 7.19. The van der Waals surface area contributed by atoms with Crippen LogP contribution < -0.4 is 4.90 Å². The summed E-state index contributed by atoms with van der Waals surface area (Å²) < 4.78 is 5.38. The number of amides is 1. The number of piperazine rings is 1. The van der Waals surface area contributed by atoms with E-state index in [1.54, 1.807) is 4.90 Å². The highest BCUT2D eigenvalue weighted by molar-refractivity contribution is 5.69. The van der Waals surface area contributed by atoms with E-state index in [0.717, 1.165) is 0 Å². The fourth-order valence-electron chi connectivity index (χ4n) is 2.20. The molecule has 0 aliphatic carbocycles. The van der Waals surface area contributed by atoms with Crippen LogP contribution in [0.5, 0.6) is 0 Å². The molecule has 0 atom stereocenters. The maximum absolute atomic E-state index is 12.0. The lowest BCUT2D eigenvalue weighted by Gasteiger charge is -2.35. The van der Waals surface area contributed by atoms with E-state index in [-0.39, 0.29) is 6.09 Å². The Morgan fingerprint density at radius 1 is 1.23 bits per heavy atom. The van der Waals surface area contributed by atoms with E-state index in [1.807, 2.05) is 25.7 Å². The van der Waals surface area contributed by atoms with Crippen molar-refractivity contribution < 1.29 is 9.53 Å². The zero-order valence-corrected chi connectivity index (χ0v) is 12.9. The Balaban J connectivity index is 1.62. The summed E-state index contributed by atoms with van der Waals surface area (Å²) in [6.07, 6.45) is 1.25. The number of carbonyl (C=O) groups is 1. The summed E-state index contributed by atoms with van der Waals surface area (Å²) in [5.41, 5.74) is 0.627. The largest absolute Gasteiger partial charge is 0.444 e. The highest BCUT2D eigenvalue weighted by Crippen LogP contribution is 2.15. The molecule has 22 heavy (non-hydrogen) atoms. The summed E-state index contributed by atoms with van der Waals surface area (Å²) in [4.78, 5) is 27.0. The van der Waals surface area contributed by atoms with E-state index < -0.39 is 5.60 Å². The molecule has 0 aromatic carbocycles. The molecule has 0 radical (unpaired) electrons. The molecule has 2 aromatic heterocycles. The quantitative estimate of drug-likeness (QED) is 0.831. The fraction of sp³-hybridized carbons (Fsp3) is 0.615. The number of imidazole rings is 1. The molecule has 118 valence electrons. The van der Waals surface area contributed by atoms with E-state index in [0.29, 0.717) is 43.4 Å². The number of nitrogens with zero attached hydrogens (tertiary/aromatic N) is 6. The van der Waals surface area contributed by atoms with Gasteiger partial charge in [-0.05, 0) is 20.8 Å². The van der Waals surface area contributed by atoms with Gasteiger partial charge >= 0.3 is 6.09 Å². The van der Waals surface area contributed by atoms with Gasteiger partial charge in [0.15, 0.2) is 5.65 Å². The molecule has 2 aromatic rings. The van der Waals surface area contributed by atoms with Crippen LogP contribution in [-0.2, 0) is 4.74 Å². The topological polar surface area (TPSA) is 100 Å². The second-order valence-electron chi connectivity index (χ2n) is 6.14. The van der Waals surface area contributed by atoms with Crippen LogP contribution in [0.15, 0.2) is 6.33 Å². The minimum absolute atomic E-state index is 0.283. The molecular weight excluding hydrogens is 286 g/mol. The first kappa shape index (κ1) is 14.5. The van der Waals surface area contributed by atoms with Gasteiger partial charge in [0.2, 0.25) is 11.6 Å². The maximum atomic E-state index is 12.0. The Labute approximate surface area is 127 Å². The van der Waals surface area contributed by atoms with Crippen molar-refractivity contribution >= 4 is 23.3 Å². The molecule has 0 unspecified atom stereocenters. The Morgan fingerprint density at radius 3 is 2.64 bits per heavy atom. The summed E-state index contributed by atoms with van der Waals surface area (Å²) in [5.74, 6) is 0.531. The Kier molecular flexibility index (Phi) is 3.55. The molecule has 3 heterocycles. The van der Waals surface area contributed by atoms with E-state index in [2.05, 4.69) is 25.1 Å². The van der Waals surface area contributed by atoms with Gasteiger partial charge in [-0.15, -0.1) is 10.2 Å². The van der Waals surface area contributed by atoms with Gasteiger partial charge in [0.1, 0.15) is 5.60 Å². The van der Waals surface area contributed by atoms with Crippen molar-refractivity contribution in [1.29, 1.82) is 0 Å². The second-order valence-corrected chi connectivity index (χ2v) is 6.14. The third-order valence-corrected chi connectivity index (χ3v) is 3.26. The number of hydrogen-bond acceptors (Lipinski definition) is 7. The third-order valence-electron chi connectivity index (χ3n) is 3.26. The Hall–Kier alpha value is -2.45. The smallest absolute Gasteiger partial charge is 0.410 e. The maximum Gasteiger partial charge on any atom is 0.410 e. The van der Waals surface area contributed by atoms with Crippen LogP contribution in [0.25, 0.3) is 11.3 Å². The van der Waals surface area contributed by atoms with Crippen molar-refractivity contribution in [3.05, 3.63) is 6.33 Å². The molecule has 1 aliphatic heterocycles. The van der Waals surface area contributed by atoms with Crippen LogP contribution in [0.3, 0.4) is 0 Å². The van der Waals surface area contributed by atoms with Gasteiger partial charge < -0.3 is 19.5 Å². The molecular formula is C13H19N7O2. The third kappa shape index (κ3) is 3.07. The van der Waals surface area contributed by atoms with E-state index >= 15 is 0 Å². The molecule has 0 saturated carbocycles. The van der Waals surface area contributed by atoms with Crippen LogP contribution >= 0.6 is 0 Å². The first-order chi connectivity index (χ1) is 10.4. The minimum Gasteiger partial charge on any atom is -0.444 e. The second kappa shape index (κ2) is 5.39. The number of ether oxygens (including phenoxy) is 1. The van der Waals surface area contributed by atoms with Crippen LogP contribution in [0, 0.1) is 0 Å². The van der Waals surface area contributed by atoms with Gasteiger partial charge in [-0.2, -0.15) is 4.98 Å². The van der Waals surface area contributed by atoms with Crippen molar-refractivity contribution in [1.82, 2.24) is 30.0 Å². The summed E-state index contributed by atoms with van der Waals surface area (Å²) in [6, 6.07) is 0. The standard InChI is InChI=1S/C13H19N7O2/c1-13(2,3)22-12(21)20-6-4-19(5-7-20)11-16-9-10(17-18-11)15-8-14-9/h8H,4-7H2,1-3H3,(H,14,15,16,17,18). The number of fused-ring (bicyclic) bond motifs is 1. The molecule has 1 saturated heterocycles. The average Bonchev–Trinajstić information content (AvgIpc) is 2.93. The number of H-pyrrole nitrogens is 1. The molecule has 0 bridgehead atoms. The summed E-state index contributed by atoms with van der Waals surface area (Å²) in [7, 11) is 0. The van der Waals surface area contributed by atoms with Crippen molar-refractivity contribution in [2.24, 2.45) is 0 Å². The fourth-order valence-corrected chi connectivity index (χ4v) is 2.20. The molecule has 1 aliphatic rings. The normalized spacial score (nSPS) is 16.1. The minimum atomic E-state index is -0.480. The molecule has 1 N–H and O–H groups in total. The summed E-state index contributed by atoms with van der Waals surface area (Å²) >= 11 is 0. The lowest BCUT2D eigenvalue weighted by molar-refractivity contribution is 0.0240. The summed E-state index contributed by atoms with van der Waals surface area (Å²) in [6.45, 7) is 7.99. The number of aromatic nitrogens is 5. The lowest BCUT2D eigenvalue weighted by atomic mass is 10.2. The van der Waals surface area contributed by atoms with Crippen molar-refractivity contribution in [3.8, 4) is 0 Å². The number of nitrogens with one attached hydrogen (secondary N) is 1. The van der Waals surface area contributed by atoms with E-state index in [4.69, 9.17) is 4.74 Å². The van der Waals surface area contributed by atoms with Crippen molar-refractivity contribution in [3.63, 3.8) is 0 Å². The molecule has 0 spiro atoms. The van der Waals surface area contributed by atoms with Crippen LogP contribution in [-0.4, -0.2) is 67.9 Å². The van der Waals surface area contributed by atoms with Crippen molar-refractivity contribution in [2.45, 2.75) is 26.4 Å². The number of rotatable bonds is 1. The predicted molar refractivity (Wildman–Crippen MR) is 79.5 cm³/mol. The number of hydrogen-bond donors (Lipinski definition) is 1. The molecule has 1 amide bonds. The number of anilines is 1. The van der Waals surface area contributed by atoms with Gasteiger partial charge in [0.05, 0.1) is 6.33 Å². The zero-order chi connectivity index (χ0) is 15.7. The van der Waals surface area contributed by atoms with Crippen LogP contribution in [0.4, 0.5) is 10.7 Å². The Morgan fingerprint density at radius 2 is 1.95 bits per heavy atom. The Bertz CT molecular complexity index is 670. The summed E-state index contributed by atoms with van der Waals surface area (Å²) in [5, 5.41) is 8.13. The SMILES string of the molecule is CC(C)(C)OC(=O)N1CCN(c2nnc3[nH]cnc3n2)CC1. The van der Waals surface area contributed by atoms with Crippen LogP contribution in [0.1, 0.15) is 20.8 Å². The van der Waals surface area contributed by atoms with Gasteiger partial charge in [-0.3, -0.25) is 0 Å². The van der Waals surface area contributed by atoms with Crippen LogP contribution in [0.2, 0.25) is 0 Å². The predicted octanol–water partition coefficient (Wildman–Crippen LogP) is 0.805. The van der Waals surface area contributed by atoms with Gasteiger partial charge in [0.25, 0.3) is 0 Å². The van der Waals surface area contributed by atoms with Gasteiger partial charge in [0, 0.05) is 26.2 Å². The number of aromatic amines is 1.